The first kappa shape index (κ1) is 23.1. The van der Waals surface area contributed by atoms with Crippen LogP contribution in [0.4, 0.5) is 0 Å². The van der Waals surface area contributed by atoms with Crippen LogP contribution in [-0.2, 0) is 13.1 Å². The Hall–Kier alpha value is -5.08. The van der Waals surface area contributed by atoms with Gasteiger partial charge in [0.25, 0.3) is 0 Å². The molecule has 0 saturated heterocycles. The molecule has 0 atom stereocenters. The van der Waals surface area contributed by atoms with Gasteiger partial charge in [0.2, 0.25) is 0 Å². The van der Waals surface area contributed by atoms with Crippen LogP contribution < -0.4 is 5.32 Å². The van der Waals surface area contributed by atoms with Crippen LogP contribution in [-0.4, -0.2) is 34.7 Å². The summed E-state index contributed by atoms with van der Waals surface area (Å²) in [5, 5.41) is 13.4. The summed E-state index contributed by atoms with van der Waals surface area (Å²) >= 11 is 0. The first-order chi connectivity index (χ1) is 19.2. The Balaban J connectivity index is 1.20. The summed E-state index contributed by atoms with van der Waals surface area (Å²) in [5.74, 6) is 0. The number of imidazole rings is 1. The summed E-state index contributed by atoms with van der Waals surface area (Å²) in [6.07, 6.45) is 9.47. The van der Waals surface area contributed by atoms with Gasteiger partial charge in [0, 0.05) is 54.2 Å². The van der Waals surface area contributed by atoms with Crippen LogP contribution >= 0.6 is 0 Å². The molecular formula is C31H26N8. The SMILES string of the molecule is Cc1cn(-c2ccnc3[nH]c(-c4n[nH]c5ccc(-c6cncc(CNCc7ccccc7)c6)cc45)cc23)cn1. The van der Waals surface area contributed by atoms with Gasteiger partial charge in [-0.15, -0.1) is 0 Å². The minimum Gasteiger partial charge on any atom is -0.338 e. The second-order valence-electron chi connectivity index (χ2n) is 9.70. The lowest BCUT2D eigenvalue weighted by atomic mass is 10.0. The van der Waals surface area contributed by atoms with Crippen molar-refractivity contribution in [1.29, 1.82) is 0 Å². The highest BCUT2D eigenvalue weighted by molar-refractivity contribution is 5.98. The highest BCUT2D eigenvalue weighted by Gasteiger charge is 2.15. The molecule has 0 radical (unpaired) electrons. The third kappa shape index (κ3) is 4.47. The first-order valence-electron chi connectivity index (χ1n) is 12.9. The van der Waals surface area contributed by atoms with Gasteiger partial charge in [-0.1, -0.05) is 36.4 Å². The van der Waals surface area contributed by atoms with E-state index < -0.39 is 0 Å². The number of benzene rings is 2. The predicted octanol–water partition coefficient (Wildman–Crippen LogP) is 5.95. The number of hydrogen-bond donors (Lipinski definition) is 3. The number of fused-ring (bicyclic) bond motifs is 2. The number of H-pyrrole nitrogens is 2. The van der Waals surface area contributed by atoms with Crippen LogP contribution in [0.25, 0.3) is 50.1 Å². The summed E-state index contributed by atoms with van der Waals surface area (Å²) in [6.45, 7) is 3.55. The zero-order valence-electron chi connectivity index (χ0n) is 21.4. The molecule has 8 heteroatoms. The topological polar surface area (TPSA) is 100 Å². The highest BCUT2D eigenvalue weighted by Crippen LogP contribution is 2.33. The van der Waals surface area contributed by atoms with Crippen molar-refractivity contribution in [2.75, 3.05) is 0 Å². The number of aromatic amines is 2. The van der Waals surface area contributed by atoms with Crippen LogP contribution in [0.1, 0.15) is 16.8 Å². The van der Waals surface area contributed by atoms with E-state index in [-0.39, 0.29) is 0 Å². The number of hydrogen-bond acceptors (Lipinski definition) is 5. The zero-order valence-corrected chi connectivity index (χ0v) is 21.4. The lowest BCUT2D eigenvalue weighted by Gasteiger charge is -2.08. The highest BCUT2D eigenvalue weighted by atomic mass is 15.1. The molecule has 5 heterocycles. The van der Waals surface area contributed by atoms with E-state index in [0.29, 0.717) is 0 Å². The van der Waals surface area contributed by atoms with Crippen molar-refractivity contribution in [3.8, 4) is 28.2 Å². The zero-order chi connectivity index (χ0) is 26.2. The van der Waals surface area contributed by atoms with Crippen molar-refractivity contribution >= 4 is 21.9 Å². The fourth-order valence-corrected chi connectivity index (χ4v) is 5.01. The van der Waals surface area contributed by atoms with Gasteiger partial charge in [-0.05, 0) is 53.9 Å². The first-order valence-corrected chi connectivity index (χ1v) is 12.9. The van der Waals surface area contributed by atoms with Crippen molar-refractivity contribution in [2.45, 2.75) is 20.0 Å². The minimum absolute atomic E-state index is 0.746. The summed E-state index contributed by atoms with van der Waals surface area (Å²) < 4.78 is 2.02. The van der Waals surface area contributed by atoms with Gasteiger partial charge in [0.1, 0.15) is 11.3 Å². The molecule has 190 valence electrons. The molecule has 7 rings (SSSR count). The number of aromatic nitrogens is 7. The van der Waals surface area contributed by atoms with E-state index >= 15 is 0 Å². The Kier molecular flexibility index (Phi) is 5.71. The predicted molar refractivity (Wildman–Crippen MR) is 153 cm³/mol. The monoisotopic (exact) mass is 510 g/mol. The number of nitrogens with one attached hydrogen (secondary N) is 3. The third-order valence-corrected chi connectivity index (χ3v) is 6.95. The number of aryl methyl sites for hydroxylation is 1. The van der Waals surface area contributed by atoms with Crippen LogP contribution in [0.5, 0.6) is 0 Å². The van der Waals surface area contributed by atoms with E-state index in [1.54, 1.807) is 0 Å². The Labute approximate surface area is 224 Å². The molecule has 3 N–H and O–H groups in total. The molecule has 0 aliphatic carbocycles. The average molecular weight is 511 g/mol. The molecule has 0 aliphatic rings. The number of nitrogens with zero attached hydrogens (tertiary/aromatic N) is 5. The van der Waals surface area contributed by atoms with E-state index in [0.717, 1.165) is 74.5 Å². The molecule has 8 nitrogen and oxygen atoms in total. The maximum absolute atomic E-state index is 4.66. The second kappa shape index (κ2) is 9.66. The van der Waals surface area contributed by atoms with E-state index in [9.17, 15) is 0 Å². The van der Waals surface area contributed by atoms with E-state index in [2.05, 4.69) is 90.0 Å². The second-order valence-corrected chi connectivity index (χ2v) is 9.70. The van der Waals surface area contributed by atoms with Crippen LogP contribution in [0.2, 0.25) is 0 Å². The van der Waals surface area contributed by atoms with Gasteiger partial charge < -0.3 is 14.9 Å². The van der Waals surface area contributed by atoms with Crippen LogP contribution in [0.15, 0.2) is 97.8 Å². The molecule has 0 amide bonds. The molecule has 0 spiro atoms. The maximum Gasteiger partial charge on any atom is 0.139 e. The minimum atomic E-state index is 0.746. The van der Waals surface area contributed by atoms with E-state index in [4.69, 9.17) is 0 Å². The fourth-order valence-electron chi connectivity index (χ4n) is 5.01. The molecule has 0 fully saturated rings. The molecule has 7 aromatic rings. The van der Waals surface area contributed by atoms with E-state index in [1.165, 1.54) is 5.56 Å². The van der Waals surface area contributed by atoms with Crippen molar-refractivity contribution in [2.24, 2.45) is 0 Å². The largest absolute Gasteiger partial charge is 0.338 e. The molecular weight excluding hydrogens is 484 g/mol. The smallest absolute Gasteiger partial charge is 0.139 e. The molecule has 0 bridgehead atoms. The quantitative estimate of drug-likeness (QED) is 0.246. The van der Waals surface area contributed by atoms with Gasteiger partial charge in [-0.25, -0.2) is 9.97 Å². The molecule has 0 saturated carbocycles. The van der Waals surface area contributed by atoms with Gasteiger partial charge in [0.15, 0.2) is 0 Å². The van der Waals surface area contributed by atoms with Crippen LogP contribution in [0.3, 0.4) is 0 Å². The van der Waals surface area contributed by atoms with Crippen molar-refractivity contribution < 1.29 is 0 Å². The number of rotatable bonds is 7. The van der Waals surface area contributed by atoms with E-state index in [1.807, 2.05) is 54.7 Å². The Bertz CT molecular complexity index is 1910. The number of pyridine rings is 2. The van der Waals surface area contributed by atoms with Gasteiger partial charge in [-0.3, -0.25) is 10.1 Å². The Morgan fingerprint density at radius 1 is 0.846 bits per heavy atom. The van der Waals surface area contributed by atoms with Crippen molar-refractivity contribution in [3.63, 3.8) is 0 Å². The fraction of sp³-hybridized carbons (Fsp3) is 0.0968. The van der Waals surface area contributed by atoms with Gasteiger partial charge in [-0.2, -0.15) is 5.10 Å². The molecule has 39 heavy (non-hydrogen) atoms. The Morgan fingerprint density at radius 3 is 2.62 bits per heavy atom. The standard InChI is InChI=1S/C31H26N8/c1-20-18-39(19-35-20)29-9-10-34-31-26(29)13-28(36-31)30-25-12-23(7-8-27(25)37-38-30)24-11-22(16-33-17-24)15-32-14-21-5-3-2-4-6-21/h2-13,16-19,32H,14-15H2,1H3,(H,34,36)(H,37,38). The lowest BCUT2D eigenvalue weighted by Crippen LogP contribution is -2.12. The maximum atomic E-state index is 4.66. The Morgan fingerprint density at radius 2 is 1.74 bits per heavy atom. The average Bonchev–Trinajstić information content (AvgIpc) is 3.71. The lowest BCUT2D eigenvalue weighted by molar-refractivity contribution is 0.691. The van der Waals surface area contributed by atoms with Gasteiger partial charge in [0.05, 0.1) is 28.9 Å². The normalized spacial score (nSPS) is 11.5. The molecule has 0 unspecified atom stereocenters. The molecule has 5 aromatic heterocycles. The third-order valence-electron chi connectivity index (χ3n) is 6.95. The van der Waals surface area contributed by atoms with Crippen molar-refractivity contribution in [3.05, 3.63) is 115 Å². The summed E-state index contributed by atoms with van der Waals surface area (Å²) in [5.41, 5.74) is 10.1. The van der Waals surface area contributed by atoms with Gasteiger partial charge >= 0.3 is 0 Å². The molecule has 2 aromatic carbocycles. The summed E-state index contributed by atoms with van der Waals surface area (Å²) in [4.78, 5) is 16.9. The summed E-state index contributed by atoms with van der Waals surface area (Å²) in [7, 11) is 0. The van der Waals surface area contributed by atoms with Crippen molar-refractivity contribution in [1.82, 2.24) is 40.0 Å². The van der Waals surface area contributed by atoms with Crippen LogP contribution in [0, 0.1) is 6.92 Å². The molecule has 0 aliphatic heterocycles. The summed E-state index contributed by atoms with van der Waals surface area (Å²) in [6, 6.07) is 23.1.